The van der Waals surface area contributed by atoms with Crippen LogP contribution in [-0.4, -0.2) is 17.4 Å². The van der Waals surface area contributed by atoms with E-state index in [4.69, 9.17) is 0 Å². The monoisotopic (exact) mass is 300 g/mol. The number of aliphatic hydroxyl groups is 1. The topological polar surface area (TPSA) is 20.2 Å². The van der Waals surface area contributed by atoms with E-state index in [2.05, 4.69) is 15.9 Å². The first kappa shape index (κ1) is 13.4. The maximum atomic E-state index is 12.7. The predicted octanol–water partition coefficient (Wildman–Crippen LogP) is 3.44. The molecule has 16 heavy (non-hydrogen) atoms. The van der Waals surface area contributed by atoms with Gasteiger partial charge in [-0.3, -0.25) is 0 Å². The average molecular weight is 301 g/mol. The normalized spacial score (nSPS) is 13.9. The molecule has 1 rings (SSSR count). The van der Waals surface area contributed by atoms with E-state index < -0.39 is 24.5 Å². The second kappa shape index (κ2) is 5.14. The van der Waals surface area contributed by atoms with Crippen molar-refractivity contribution in [2.75, 3.05) is 0 Å². The molecular formula is C10H9BrF4O. The summed E-state index contributed by atoms with van der Waals surface area (Å²) in [6, 6.07) is 3.63. The van der Waals surface area contributed by atoms with Crippen molar-refractivity contribution in [3.63, 3.8) is 0 Å². The van der Waals surface area contributed by atoms with E-state index in [1.165, 1.54) is 6.07 Å². The Morgan fingerprint density at radius 1 is 1.31 bits per heavy atom. The summed E-state index contributed by atoms with van der Waals surface area (Å²) in [5.41, 5.74) is 0.443. The van der Waals surface area contributed by atoms with Crippen LogP contribution in [0.4, 0.5) is 17.6 Å². The second-order valence-electron chi connectivity index (χ2n) is 3.41. The molecule has 0 fully saturated rings. The number of rotatable bonds is 3. The highest BCUT2D eigenvalue weighted by atomic mass is 79.9. The molecule has 0 aliphatic rings. The van der Waals surface area contributed by atoms with Gasteiger partial charge in [-0.05, 0) is 24.1 Å². The Morgan fingerprint density at radius 2 is 1.94 bits per heavy atom. The first-order chi connectivity index (χ1) is 7.28. The van der Waals surface area contributed by atoms with E-state index in [-0.39, 0.29) is 6.42 Å². The van der Waals surface area contributed by atoms with Gasteiger partial charge in [0.2, 0.25) is 0 Å². The number of hydrogen-bond acceptors (Lipinski definition) is 1. The second-order valence-corrected chi connectivity index (χ2v) is 4.27. The van der Waals surface area contributed by atoms with Crippen molar-refractivity contribution < 1.29 is 22.7 Å². The number of halogens is 5. The first-order valence-corrected chi connectivity index (χ1v) is 5.26. The van der Waals surface area contributed by atoms with Gasteiger partial charge in [0.25, 0.3) is 0 Å². The summed E-state index contributed by atoms with van der Waals surface area (Å²) < 4.78 is 48.9. The summed E-state index contributed by atoms with van der Waals surface area (Å²) in [6.45, 7) is 0. The molecule has 1 aromatic rings. The molecule has 1 nitrogen and oxygen atoms in total. The minimum atomic E-state index is -4.40. The summed E-state index contributed by atoms with van der Waals surface area (Å²) in [6.07, 6.45) is -7.34. The fourth-order valence-corrected chi connectivity index (χ4v) is 1.79. The summed E-state index contributed by atoms with van der Waals surface area (Å²) in [4.78, 5) is 0. The molecule has 0 aliphatic heterocycles. The van der Waals surface area contributed by atoms with Crippen molar-refractivity contribution in [1.29, 1.82) is 0 Å². The average Bonchev–Trinajstić information content (AvgIpc) is 2.06. The number of aliphatic hydroxyl groups excluding tert-OH is 1. The van der Waals surface area contributed by atoms with E-state index in [9.17, 15) is 22.7 Å². The molecule has 1 N–H and O–H groups in total. The molecule has 0 aromatic heterocycles. The quantitative estimate of drug-likeness (QED) is 0.848. The molecule has 1 aromatic carbocycles. The van der Waals surface area contributed by atoms with Crippen LogP contribution in [0.15, 0.2) is 22.7 Å². The van der Waals surface area contributed by atoms with Gasteiger partial charge in [0.15, 0.2) is 0 Å². The zero-order valence-electron chi connectivity index (χ0n) is 8.06. The molecule has 0 spiro atoms. The van der Waals surface area contributed by atoms with Crippen LogP contribution in [0.2, 0.25) is 0 Å². The van der Waals surface area contributed by atoms with Gasteiger partial charge in [-0.1, -0.05) is 22.0 Å². The highest BCUT2D eigenvalue weighted by Gasteiger charge is 2.31. The van der Waals surface area contributed by atoms with Crippen LogP contribution in [0.25, 0.3) is 0 Å². The van der Waals surface area contributed by atoms with Crippen LogP contribution < -0.4 is 0 Å². The van der Waals surface area contributed by atoms with Crippen molar-refractivity contribution >= 4 is 15.9 Å². The number of alkyl halides is 3. The smallest absolute Gasteiger partial charge is 0.391 e. The van der Waals surface area contributed by atoms with Crippen LogP contribution in [-0.2, 0) is 6.42 Å². The maximum Gasteiger partial charge on any atom is 0.391 e. The SMILES string of the molecule is OC(Cc1ccc(F)cc1Br)CC(F)(F)F. The fraction of sp³-hybridized carbons (Fsp3) is 0.400. The molecular weight excluding hydrogens is 292 g/mol. The lowest BCUT2D eigenvalue weighted by atomic mass is 10.1. The Hall–Kier alpha value is -0.620. The standard InChI is InChI=1S/C10H9BrF4O/c11-9-4-7(12)2-1-6(9)3-8(16)5-10(13,14)15/h1-2,4,8,16H,3,5H2. The Bertz CT molecular complexity index is 364. The lowest BCUT2D eigenvalue weighted by Gasteiger charge is -2.13. The van der Waals surface area contributed by atoms with Crippen LogP contribution in [0.3, 0.4) is 0 Å². The number of hydrogen-bond donors (Lipinski definition) is 1. The van der Waals surface area contributed by atoms with Gasteiger partial charge in [0.05, 0.1) is 12.5 Å². The predicted molar refractivity (Wildman–Crippen MR) is 54.5 cm³/mol. The van der Waals surface area contributed by atoms with Gasteiger partial charge in [0.1, 0.15) is 5.82 Å². The summed E-state index contributed by atoms with van der Waals surface area (Å²) in [5.74, 6) is -0.485. The van der Waals surface area contributed by atoms with Crippen LogP contribution >= 0.6 is 15.9 Å². The van der Waals surface area contributed by atoms with Crippen molar-refractivity contribution in [1.82, 2.24) is 0 Å². The molecule has 6 heteroatoms. The molecule has 0 amide bonds. The molecule has 0 saturated heterocycles. The summed E-state index contributed by atoms with van der Waals surface area (Å²) in [5, 5.41) is 9.20. The maximum absolute atomic E-state index is 12.7. The molecule has 0 bridgehead atoms. The zero-order chi connectivity index (χ0) is 12.3. The van der Waals surface area contributed by atoms with Crippen molar-refractivity contribution in [3.05, 3.63) is 34.1 Å². The van der Waals surface area contributed by atoms with Gasteiger partial charge in [-0.15, -0.1) is 0 Å². The van der Waals surface area contributed by atoms with Gasteiger partial charge in [-0.25, -0.2) is 4.39 Å². The van der Waals surface area contributed by atoms with Gasteiger partial charge >= 0.3 is 6.18 Å². The summed E-state index contributed by atoms with van der Waals surface area (Å²) >= 11 is 3.02. The van der Waals surface area contributed by atoms with Crippen molar-refractivity contribution in [2.24, 2.45) is 0 Å². The minimum absolute atomic E-state index is 0.166. The zero-order valence-corrected chi connectivity index (χ0v) is 9.65. The van der Waals surface area contributed by atoms with Crippen LogP contribution in [0.1, 0.15) is 12.0 Å². The lowest BCUT2D eigenvalue weighted by molar-refractivity contribution is -0.153. The highest BCUT2D eigenvalue weighted by Crippen LogP contribution is 2.25. The van der Waals surface area contributed by atoms with E-state index in [0.29, 0.717) is 10.0 Å². The van der Waals surface area contributed by atoms with E-state index in [0.717, 1.165) is 12.1 Å². The first-order valence-electron chi connectivity index (χ1n) is 4.46. The third kappa shape index (κ3) is 4.49. The van der Waals surface area contributed by atoms with Gasteiger partial charge < -0.3 is 5.11 Å². The van der Waals surface area contributed by atoms with Crippen LogP contribution in [0, 0.1) is 5.82 Å². The Balaban J connectivity index is 2.66. The van der Waals surface area contributed by atoms with Crippen molar-refractivity contribution in [2.45, 2.75) is 25.1 Å². The Labute approximate surface area is 98.2 Å². The van der Waals surface area contributed by atoms with Crippen molar-refractivity contribution in [3.8, 4) is 0 Å². The van der Waals surface area contributed by atoms with Crippen LogP contribution in [0.5, 0.6) is 0 Å². The molecule has 90 valence electrons. The van der Waals surface area contributed by atoms with Gasteiger partial charge in [0, 0.05) is 4.47 Å². The molecule has 0 radical (unpaired) electrons. The molecule has 1 atom stereocenters. The number of benzene rings is 1. The lowest BCUT2D eigenvalue weighted by Crippen LogP contribution is -2.21. The van der Waals surface area contributed by atoms with E-state index in [1.807, 2.05) is 0 Å². The fourth-order valence-electron chi connectivity index (χ4n) is 1.28. The van der Waals surface area contributed by atoms with E-state index in [1.54, 1.807) is 0 Å². The third-order valence-corrected chi connectivity index (χ3v) is 2.68. The summed E-state index contributed by atoms with van der Waals surface area (Å²) in [7, 11) is 0. The Morgan fingerprint density at radius 3 is 2.44 bits per heavy atom. The molecule has 0 heterocycles. The highest BCUT2D eigenvalue weighted by molar-refractivity contribution is 9.10. The minimum Gasteiger partial charge on any atom is -0.392 e. The van der Waals surface area contributed by atoms with Gasteiger partial charge in [-0.2, -0.15) is 13.2 Å². The van der Waals surface area contributed by atoms with E-state index >= 15 is 0 Å². The molecule has 0 saturated carbocycles. The molecule has 0 aliphatic carbocycles. The molecule has 1 unspecified atom stereocenters. The largest absolute Gasteiger partial charge is 0.392 e. The Kier molecular flexibility index (Phi) is 4.32. The third-order valence-electron chi connectivity index (χ3n) is 1.94.